The number of nitrogens with zero attached hydrogens (tertiary/aromatic N) is 1. The minimum Gasteiger partial charge on any atom is -0.361 e. The van der Waals surface area contributed by atoms with Crippen molar-refractivity contribution < 1.29 is 0 Å². The van der Waals surface area contributed by atoms with E-state index < -0.39 is 0 Å². The van der Waals surface area contributed by atoms with Crippen molar-refractivity contribution in [3.63, 3.8) is 0 Å². The zero-order valence-electron chi connectivity index (χ0n) is 11.8. The third kappa shape index (κ3) is 2.53. The molecule has 1 aliphatic heterocycles. The molecule has 0 aliphatic carbocycles. The summed E-state index contributed by atoms with van der Waals surface area (Å²) in [6.07, 6.45) is 5.96. The molecule has 3 heteroatoms. The van der Waals surface area contributed by atoms with Crippen LogP contribution < -0.4 is 5.43 Å². The van der Waals surface area contributed by atoms with Crippen LogP contribution in [0.5, 0.6) is 0 Å². The van der Waals surface area contributed by atoms with Crippen molar-refractivity contribution in [1.29, 1.82) is 0 Å². The first-order valence-electron chi connectivity index (χ1n) is 7.32. The van der Waals surface area contributed by atoms with E-state index in [9.17, 15) is 0 Å². The first-order chi connectivity index (χ1) is 9.25. The SMILES string of the molecule is CC1CCCC(C)N1NCc1cccc2cc[nH]c12. The van der Waals surface area contributed by atoms with Crippen molar-refractivity contribution in [1.82, 2.24) is 15.4 Å². The lowest BCUT2D eigenvalue weighted by Gasteiger charge is -2.39. The summed E-state index contributed by atoms with van der Waals surface area (Å²) < 4.78 is 0. The molecule has 0 radical (unpaired) electrons. The first kappa shape index (κ1) is 12.7. The van der Waals surface area contributed by atoms with Crippen LogP contribution in [0, 0.1) is 0 Å². The van der Waals surface area contributed by atoms with Gasteiger partial charge in [-0.1, -0.05) is 24.6 Å². The number of aromatic nitrogens is 1. The predicted molar refractivity (Wildman–Crippen MR) is 79.8 cm³/mol. The van der Waals surface area contributed by atoms with E-state index in [1.54, 1.807) is 0 Å². The number of rotatable bonds is 3. The second-order valence-electron chi connectivity index (χ2n) is 5.73. The molecule has 0 bridgehead atoms. The van der Waals surface area contributed by atoms with E-state index in [2.05, 4.69) is 53.5 Å². The van der Waals surface area contributed by atoms with E-state index in [0.29, 0.717) is 12.1 Å². The van der Waals surface area contributed by atoms with Crippen LogP contribution in [-0.2, 0) is 6.54 Å². The minimum atomic E-state index is 0.631. The van der Waals surface area contributed by atoms with Gasteiger partial charge in [0.25, 0.3) is 0 Å². The molecule has 0 saturated carbocycles. The molecule has 102 valence electrons. The zero-order valence-corrected chi connectivity index (χ0v) is 11.8. The monoisotopic (exact) mass is 257 g/mol. The van der Waals surface area contributed by atoms with Crippen molar-refractivity contribution in [2.24, 2.45) is 0 Å². The maximum Gasteiger partial charge on any atom is 0.0500 e. The Balaban J connectivity index is 1.73. The average molecular weight is 257 g/mol. The van der Waals surface area contributed by atoms with Gasteiger partial charge in [0.05, 0.1) is 0 Å². The topological polar surface area (TPSA) is 31.1 Å². The van der Waals surface area contributed by atoms with Crippen molar-refractivity contribution in [3.8, 4) is 0 Å². The number of benzene rings is 1. The average Bonchev–Trinajstić information content (AvgIpc) is 2.87. The summed E-state index contributed by atoms with van der Waals surface area (Å²) in [7, 11) is 0. The summed E-state index contributed by atoms with van der Waals surface area (Å²) >= 11 is 0. The number of nitrogens with one attached hydrogen (secondary N) is 2. The summed E-state index contributed by atoms with van der Waals surface area (Å²) in [5.41, 5.74) is 6.23. The van der Waals surface area contributed by atoms with Gasteiger partial charge in [-0.2, -0.15) is 0 Å². The van der Waals surface area contributed by atoms with Crippen molar-refractivity contribution in [2.75, 3.05) is 0 Å². The van der Waals surface area contributed by atoms with Crippen LogP contribution in [0.2, 0.25) is 0 Å². The van der Waals surface area contributed by atoms with Crippen LogP contribution in [0.25, 0.3) is 10.9 Å². The summed E-state index contributed by atoms with van der Waals surface area (Å²) in [5.74, 6) is 0. The van der Waals surface area contributed by atoms with Crippen molar-refractivity contribution in [2.45, 2.75) is 51.7 Å². The number of para-hydroxylation sites is 1. The van der Waals surface area contributed by atoms with Crippen molar-refractivity contribution in [3.05, 3.63) is 36.0 Å². The molecule has 2 N–H and O–H groups in total. The second kappa shape index (κ2) is 5.35. The van der Waals surface area contributed by atoms with Gasteiger partial charge in [-0.3, -0.25) is 5.43 Å². The van der Waals surface area contributed by atoms with Crippen LogP contribution in [0.3, 0.4) is 0 Å². The highest BCUT2D eigenvalue weighted by Gasteiger charge is 2.24. The van der Waals surface area contributed by atoms with Crippen LogP contribution in [0.1, 0.15) is 38.7 Å². The Hall–Kier alpha value is -1.32. The molecule has 2 unspecified atom stereocenters. The van der Waals surface area contributed by atoms with E-state index in [-0.39, 0.29) is 0 Å². The Bertz CT molecular complexity index is 536. The molecule has 1 aliphatic rings. The highest BCUT2D eigenvalue weighted by molar-refractivity contribution is 5.82. The van der Waals surface area contributed by atoms with Crippen LogP contribution in [0.15, 0.2) is 30.5 Å². The van der Waals surface area contributed by atoms with Gasteiger partial charge in [0, 0.05) is 30.3 Å². The highest BCUT2D eigenvalue weighted by atomic mass is 15.5. The summed E-state index contributed by atoms with van der Waals surface area (Å²) in [5, 5.41) is 3.73. The number of hydrazine groups is 1. The number of hydrogen-bond acceptors (Lipinski definition) is 2. The van der Waals surface area contributed by atoms with Gasteiger partial charge in [0.15, 0.2) is 0 Å². The third-order valence-electron chi connectivity index (χ3n) is 4.32. The van der Waals surface area contributed by atoms with E-state index in [1.165, 1.54) is 35.7 Å². The summed E-state index contributed by atoms with van der Waals surface area (Å²) in [6.45, 7) is 5.53. The molecule has 0 amide bonds. The molecule has 1 saturated heterocycles. The molecule has 1 fully saturated rings. The minimum absolute atomic E-state index is 0.631. The highest BCUT2D eigenvalue weighted by Crippen LogP contribution is 2.21. The fraction of sp³-hybridized carbons (Fsp3) is 0.500. The Morgan fingerprint density at radius 3 is 2.79 bits per heavy atom. The van der Waals surface area contributed by atoms with Gasteiger partial charge < -0.3 is 4.98 Å². The molecular formula is C16H23N3. The van der Waals surface area contributed by atoms with Crippen LogP contribution in [0.4, 0.5) is 0 Å². The number of H-pyrrole nitrogens is 1. The van der Waals surface area contributed by atoms with Gasteiger partial charge in [-0.05, 0) is 43.7 Å². The van der Waals surface area contributed by atoms with E-state index >= 15 is 0 Å². The van der Waals surface area contributed by atoms with Crippen LogP contribution >= 0.6 is 0 Å². The molecule has 2 atom stereocenters. The smallest absolute Gasteiger partial charge is 0.0500 e. The second-order valence-corrected chi connectivity index (χ2v) is 5.73. The Morgan fingerprint density at radius 2 is 2.00 bits per heavy atom. The third-order valence-corrected chi connectivity index (χ3v) is 4.32. The fourth-order valence-electron chi connectivity index (χ4n) is 3.21. The molecule has 1 aromatic carbocycles. The lowest BCUT2D eigenvalue weighted by molar-refractivity contribution is 0.0437. The van der Waals surface area contributed by atoms with Gasteiger partial charge >= 0.3 is 0 Å². The molecule has 3 rings (SSSR count). The Labute approximate surface area is 115 Å². The molecule has 0 spiro atoms. The quantitative estimate of drug-likeness (QED) is 0.882. The Kier molecular flexibility index (Phi) is 3.58. The predicted octanol–water partition coefficient (Wildman–Crippen LogP) is 3.44. The van der Waals surface area contributed by atoms with Gasteiger partial charge in [-0.15, -0.1) is 0 Å². The normalized spacial score (nSPS) is 24.9. The number of fused-ring (bicyclic) bond motifs is 1. The summed E-state index contributed by atoms with van der Waals surface area (Å²) in [6, 6.07) is 9.88. The molecule has 3 nitrogen and oxygen atoms in total. The van der Waals surface area contributed by atoms with Gasteiger partial charge in [0.2, 0.25) is 0 Å². The molecule has 2 aromatic rings. The maximum atomic E-state index is 3.63. The van der Waals surface area contributed by atoms with Gasteiger partial charge in [0.1, 0.15) is 0 Å². The van der Waals surface area contributed by atoms with Crippen LogP contribution in [-0.4, -0.2) is 22.1 Å². The Morgan fingerprint density at radius 1 is 1.21 bits per heavy atom. The van der Waals surface area contributed by atoms with Gasteiger partial charge in [-0.25, -0.2) is 5.01 Å². The number of aromatic amines is 1. The molecular weight excluding hydrogens is 234 g/mol. The molecule has 19 heavy (non-hydrogen) atoms. The number of piperidine rings is 1. The molecule has 1 aromatic heterocycles. The number of hydrogen-bond donors (Lipinski definition) is 2. The lowest BCUT2D eigenvalue weighted by Crippen LogP contribution is -2.51. The standard InChI is InChI=1S/C16H23N3/c1-12-5-3-6-13(2)19(12)18-11-15-8-4-7-14-9-10-17-16(14)15/h4,7-10,12-13,17-18H,3,5-6,11H2,1-2H3. The van der Waals surface area contributed by atoms with Crippen molar-refractivity contribution >= 4 is 10.9 Å². The van der Waals surface area contributed by atoms with E-state index in [4.69, 9.17) is 0 Å². The maximum absolute atomic E-state index is 3.63. The molecule has 2 heterocycles. The first-order valence-corrected chi connectivity index (χ1v) is 7.32. The van der Waals surface area contributed by atoms with E-state index in [0.717, 1.165) is 6.54 Å². The largest absolute Gasteiger partial charge is 0.361 e. The summed E-state index contributed by atoms with van der Waals surface area (Å²) in [4.78, 5) is 3.34. The fourth-order valence-corrected chi connectivity index (χ4v) is 3.21. The lowest BCUT2D eigenvalue weighted by atomic mass is 10.00. The zero-order chi connectivity index (χ0) is 13.2. The van der Waals surface area contributed by atoms with E-state index in [1.807, 2.05) is 6.20 Å².